The largest absolute Gasteiger partial charge is 0.388 e. The summed E-state index contributed by atoms with van der Waals surface area (Å²) in [5.41, 5.74) is 5.80. The van der Waals surface area contributed by atoms with Crippen LogP contribution in [0.4, 0.5) is 10.1 Å². The van der Waals surface area contributed by atoms with Gasteiger partial charge in [0.25, 0.3) is 0 Å². The van der Waals surface area contributed by atoms with Crippen LogP contribution in [0, 0.1) is 5.82 Å². The van der Waals surface area contributed by atoms with Crippen molar-refractivity contribution >= 4 is 5.69 Å². The van der Waals surface area contributed by atoms with Crippen molar-refractivity contribution in [3.05, 3.63) is 30.1 Å². The smallest absolute Gasteiger partial charge is 0.125 e. The van der Waals surface area contributed by atoms with Gasteiger partial charge in [0, 0.05) is 18.3 Å². The van der Waals surface area contributed by atoms with Crippen molar-refractivity contribution in [3.63, 3.8) is 0 Å². The van der Waals surface area contributed by atoms with E-state index in [1.165, 1.54) is 12.1 Å². The normalized spacial score (nSPS) is 29.0. The number of nitrogens with one attached hydrogen (secondary N) is 1. The van der Waals surface area contributed by atoms with Crippen molar-refractivity contribution in [2.24, 2.45) is 5.73 Å². The van der Waals surface area contributed by atoms with Gasteiger partial charge in [0.05, 0.1) is 5.60 Å². The molecule has 0 amide bonds. The zero-order chi connectivity index (χ0) is 12.3. The second kappa shape index (κ2) is 5.02. The van der Waals surface area contributed by atoms with E-state index >= 15 is 0 Å². The SMILES string of the molecule is NC1CCC(O)(CNc2cccc(F)c2)CC1. The highest BCUT2D eigenvalue weighted by atomic mass is 19.1. The molecule has 3 nitrogen and oxygen atoms in total. The lowest BCUT2D eigenvalue weighted by atomic mass is 9.82. The minimum absolute atomic E-state index is 0.212. The van der Waals surface area contributed by atoms with E-state index in [-0.39, 0.29) is 11.9 Å². The van der Waals surface area contributed by atoms with Crippen LogP contribution in [-0.2, 0) is 0 Å². The Bertz CT molecular complexity index is 375. The van der Waals surface area contributed by atoms with Crippen LogP contribution in [0.5, 0.6) is 0 Å². The lowest BCUT2D eigenvalue weighted by Gasteiger charge is -2.35. The third-order valence-electron chi connectivity index (χ3n) is 3.41. The molecule has 1 aliphatic carbocycles. The zero-order valence-corrected chi connectivity index (χ0v) is 9.82. The molecule has 1 fully saturated rings. The first-order chi connectivity index (χ1) is 8.07. The molecule has 0 unspecified atom stereocenters. The highest BCUT2D eigenvalue weighted by molar-refractivity contribution is 5.43. The van der Waals surface area contributed by atoms with Gasteiger partial charge in [-0.3, -0.25) is 0 Å². The van der Waals surface area contributed by atoms with Crippen LogP contribution in [0.25, 0.3) is 0 Å². The fourth-order valence-corrected chi connectivity index (χ4v) is 2.22. The maximum Gasteiger partial charge on any atom is 0.125 e. The van der Waals surface area contributed by atoms with Crippen molar-refractivity contribution < 1.29 is 9.50 Å². The Morgan fingerprint density at radius 3 is 2.76 bits per heavy atom. The topological polar surface area (TPSA) is 58.3 Å². The molecule has 0 spiro atoms. The van der Waals surface area contributed by atoms with Gasteiger partial charge in [-0.25, -0.2) is 4.39 Å². The van der Waals surface area contributed by atoms with Crippen molar-refractivity contribution in [3.8, 4) is 0 Å². The average molecular weight is 238 g/mol. The molecule has 0 radical (unpaired) electrons. The first kappa shape index (κ1) is 12.3. The number of nitrogens with two attached hydrogens (primary N) is 1. The Morgan fingerprint density at radius 2 is 2.12 bits per heavy atom. The molecule has 0 saturated heterocycles. The van der Waals surface area contributed by atoms with Crippen molar-refractivity contribution in [1.29, 1.82) is 0 Å². The summed E-state index contributed by atoms with van der Waals surface area (Å²) in [5, 5.41) is 13.4. The fraction of sp³-hybridized carbons (Fsp3) is 0.538. The van der Waals surface area contributed by atoms with E-state index in [1.54, 1.807) is 12.1 Å². The van der Waals surface area contributed by atoms with Crippen LogP contribution >= 0.6 is 0 Å². The Kier molecular flexibility index (Phi) is 3.64. The molecule has 2 rings (SSSR count). The van der Waals surface area contributed by atoms with Crippen LogP contribution in [0.2, 0.25) is 0 Å². The predicted octanol–water partition coefficient (Wildman–Crippen LogP) is 1.87. The minimum Gasteiger partial charge on any atom is -0.388 e. The lowest BCUT2D eigenvalue weighted by molar-refractivity contribution is 0.0122. The van der Waals surface area contributed by atoms with E-state index in [0.717, 1.165) is 12.8 Å². The first-order valence-electron chi connectivity index (χ1n) is 6.05. The molecular formula is C13H19FN2O. The Hall–Kier alpha value is -1.13. The molecule has 1 aromatic carbocycles. The molecular weight excluding hydrogens is 219 g/mol. The Morgan fingerprint density at radius 1 is 1.41 bits per heavy atom. The third kappa shape index (κ3) is 3.41. The number of anilines is 1. The number of aliphatic hydroxyl groups is 1. The summed E-state index contributed by atoms with van der Waals surface area (Å²) < 4.78 is 13.0. The lowest BCUT2D eigenvalue weighted by Crippen LogP contribution is -2.43. The number of benzene rings is 1. The van der Waals surface area contributed by atoms with Crippen LogP contribution in [0.3, 0.4) is 0 Å². The monoisotopic (exact) mass is 238 g/mol. The van der Waals surface area contributed by atoms with Gasteiger partial charge in [-0.1, -0.05) is 6.07 Å². The van der Waals surface area contributed by atoms with E-state index in [0.29, 0.717) is 25.1 Å². The van der Waals surface area contributed by atoms with Crippen LogP contribution < -0.4 is 11.1 Å². The number of rotatable bonds is 3. The molecule has 0 bridgehead atoms. The standard InChI is InChI=1S/C13H19FN2O/c14-10-2-1-3-12(8-10)16-9-13(17)6-4-11(15)5-7-13/h1-3,8,11,16-17H,4-7,9,15H2. The highest BCUT2D eigenvalue weighted by Crippen LogP contribution is 2.27. The van der Waals surface area contributed by atoms with Crippen LogP contribution in [-0.4, -0.2) is 23.3 Å². The first-order valence-corrected chi connectivity index (χ1v) is 6.05. The van der Waals surface area contributed by atoms with Gasteiger partial charge in [-0.05, 0) is 43.9 Å². The van der Waals surface area contributed by atoms with Crippen LogP contribution in [0.15, 0.2) is 24.3 Å². The van der Waals surface area contributed by atoms with Crippen molar-refractivity contribution in [2.45, 2.75) is 37.3 Å². The van der Waals surface area contributed by atoms with E-state index in [1.807, 2.05) is 0 Å². The Labute approximate surface area is 101 Å². The van der Waals surface area contributed by atoms with Gasteiger partial charge >= 0.3 is 0 Å². The molecule has 0 aliphatic heterocycles. The quantitative estimate of drug-likeness (QED) is 0.753. The second-order valence-electron chi connectivity index (χ2n) is 4.93. The maximum absolute atomic E-state index is 13.0. The van der Waals surface area contributed by atoms with Gasteiger partial charge in [0.2, 0.25) is 0 Å². The second-order valence-corrected chi connectivity index (χ2v) is 4.93. The van der Waals surface area contributed by atoms with Gasteiger partial charge < -0.3 is 16.2 Å². The van der Waals surface area contributed by atoms with Gasteiger partial charge in [-0.2, -0.15) is 0 Å². The van der Waals surface area contributed by atoms with E-state index in [4.69, 9.17) is 5.73 Å². The van der Waals surface area contributed by atoms with E-state index in [2.05, 4.69) is 5.32 Å². The maximum atomic E-state index is 13.0. The number of hydrogen-bond acceptors (Lipinski definition) is 3. The zero-order valence-electron chi connectivity index (χ0n) is 9.82. The highest BCUT2D eigenvalue weighted by Gasteiger charge is 2.31. The molecule has 1 saturated carbocycles. The van der Waals surface area contributed by atoms with Gasteiger partial charge in [0.1, 0.15) is 5.82 Å². The fourth-order valence-electron chi connectivity index (χ4n) is 2.22. The van der Waals surface area contributed by atoms with Crippen molar-refractivity contribution in [2.75, 3.05) is 11.9 Å². The van der Waals surface area contributed by atoms with Gasteiger partial charge in [-0.15, -0.1) is 0 Å². The molecule has 4 heteroatoms. The molecule has 1 aromatic rings. The minimum atomic E-state index is -0.706. The Balaban J connectivity index is 1.89. The summed E-state index contributed by atoms with van der Waals surface area (Å²) in [4.78, 5) is 0. The van der Waals surface area contributed by atoms with E-state index < -0.39 is 5.60 Å². The molecule has 0 heterocycles. The van der Waals surface area contributed by atoms with Crippen molar-refractivity contribution in [1.82, 2.24) is 0 Å². The van der Waals surface area contributed by atoms with E-state index in [9.17, 15) is 9.50 Å². The van der Waals surface area contributed by atoms with Gasteiger partial charge in [0.15, 0.2) is 0 Å². The average Bonchev–Trinajstić information content (AvgIpc) is 2.31. The molecule has 17 heavy (non-hydrogen) atoms. The number of halogens is 1. The summed E-state index contributed by atoms with van der Waals surface area (Å²) in [6.07, 6.45) is 3.11. The third-order valence-corrected chi connectivity index (χ3v) is 3.41. The summed E-state index contributed by atoms with van der Waals surface area (Å²) in [7, 11) is 0. The van der Waals surface area contributed by atoms with Crippen LogP contribution in [0.1, 0.15) is 25.7 Å². The summed E-state index contributed by atoms with van der Waals surface area (Å²) in [6.45, 7) is 0.448. The molecule has 0 aromatic heterocycles. The molecule has 4 N–H and O–H groups in total. The molecule has 0 atom stereocenters. The summed E-state index contributed by atoms with van der Waals surface area (Å²) in [6, 6.07) is 6.49. The molecule has 1 aliphatic rings. The number of hydrogen-bond donors (Lipinski definition) is 3. The summed E-state index contributed by atoms with van der Waals surface area (Å²) >= 11 is 0. The molecule has 94 valence electrons. The predicted molar refractivity (Wildman–Crippen MR) is 66.3 cm³/mol. The summed E-state index contributed by atoms with van der Waals surface area (Å²) in [5.74, 6) is -0.271.